The van der Waals surface area contributed by atoms with E-state index in [9.17, 15) is 4.79 Å². The van der Waals surface area contributed by atoms with E-state index in [1.807, 2.05) is 0 Å². The van der Waals surface area contributed by atoms with Crippen molar-refractivity contribution in [3.8, 4) is 5.88 Å². The molecule has 7 nitrogen and oxygen atoms in total. The Morgan fingerprint density at radius 3 is 3.00 bits per heavy atom. The molecule has 1 aromatic rings. The first kappa shape index (κ1) is 11.0. The average molecular weight is 212 g/mol. The van der Waals surface area contributed by atoms with Crippen molar-refractivity contribution in [2.45, 2.75) is 6.92 Å². The zero-order valence-corrected chi connectivity index (χ0v) is 8.23. The molecule has 0 saturated carbocycles. The Balaban J connectivity index is 2.79. The number of nitrogen functional groups attached to an aromatic ring is 1. The summed E-state index contributed by atoms with van der Waals surface area (Å²) in [6.07, 6.45) is 1.26. The van der Waals surface area contributed by atoms with E-state index < -0.39 is 5.97 Å². The molecule has 4 N–H and O–H groups in total. The number of nitrogens with one attached hydrogen (secondary N) is 1. The standard InChI is InChI=1S/C8H12N4O3/c1-2-15-8-6(9)7(11-4-12-8)10-3-5(13)14/h4H,2-3,9H2,1H3,(H,13,14)(H,10,11,12). The molecular weight excluding hydrogens is 200 g/mol. The van der Waals surface area contributed by atoms with E-state index in [2.05, 4.69) is 15.3 Å². The molecule has 1 aromatic heterocycles. The van der Waals surface area contributed by atoms with Gasteiger partial charge in [0.25, 0.3) is 0 Å². The predicted octanol–water partition coefficient (Wildman–Crippen LogP) is -0.0460. The summed E-state index contributed by atoms with van der Waals surface area (Å²) in [7, 11) is 0. The van der Waals surface area contributed by atoms with Gasteiger partial charge in [0.05, 0.1) is 6.61 Å². The van der Waals surface area contributed by atoms with E-state index in [1.54, 1.807) is 6.92 Å². The molecular formula is C8H12N4O3. The van der Waals surface area contributed by atoms with Crippen molar-refractivity contribution in [2.75, 3.05) is 24.2 Å². The highest BCUT2D eigenvalue weighted by molar-refractivity contribution is 5.75. The molecule has 1 heterocycles. The number of aliphatic carboxylic acids is 1. The highest BCUT2D eigenvalue weighted by atomic mass is 16.5. The molecule has 0 aromatic carbocycles. The molecule has 0 spiro atoms. The number of nitrogens with two attached hydrogens (primary N) is 1. The minimum Gasteiger partial charge on any atom is -0.480 e. The summed E-state index contributed by atoms with van der Waals surface area (Å²) in [5, 5.41) is 11.0. The van der Waals surface area contributed by atoms with Crippen molar-refractivity contribution < 1.29 is 14.6 Å². The third-order valence-corrected chi connectivity index (χ3v) is 1.54. The van der Waals surface area contributed by atoms with Crippen molar-refractivity contribution >= 4 is 17.5 Å². The first-order valence-corrected chi connectivity index (χ1v) is 4.34. The maximum atomic E-state index is 10.3. The molecule has 0 aliphatic carbocycles. The normalized spacial score (nSPS) is 9.67. The van der Waals surface area contributed by atoms with Gasteiger partial charge in [-0.2, -0.15) is 4.98 Å². The summed E-state index contributed by atoms with van der Waals surface area (Å²) in [4.78, 5) is 17.9. The number of carboxylic acids is 1. The van der Waals surface area contributed by atoms with Gasteiger partial charge in [-0.05, 0) is 6.92 Å². The molecule has 82 valence electrons. The number of ether oxygens (including phenoxy) is 1. The largest absolute Gasteiger partial charge is 0.480 e. The maximum Gasteiger partial charge on any atom is 0.322 e. The van der Waals surface area contributed by atoms with Gasteiger partial charge in [-0.15, -0.1) is 0 Å². The number of anilines is 2. The number of nitrogens with zero attached hydrogens (tertiary/aromatic N) is 2. The third kappa shape index (κ3) is 2.97. The summed E-state index contributed by atoms with van der Waals surface area (Å²) >= 11 is 0. The molecule has 0 unspecified atom stereocenters. The average Bonchev–Trinajstić information content (AvgIpc) is 2.19. The van der Waals surface area contributed by atoms with Crippen LogP contribution >= 0.6 is 0 Å². The lowest BCUT2D eigenvalue weighted by Crippen LogP contribution is -2.15. The van der Waals surface area contributed by atoms with Crippen LogP contribution in [0.1, 0.15) is 6.92 Å². The van der Waals surface area contributed by atoms with E-state index in [4.69, 9.17) is 15.6 Å². The van der Waals surface area contributed by atoms with Gasteiger partial charge in [-0.25, -0.2) is 4.98 Å². The number of hydrogen-bond donors (Lipinski definition) is 3. The monoisotopic (exact) mass is 212 g/mol. The van der Waals surface area contributed by atoms with Gasteiger partial charge < -0.3 is 20.9 Å². The van der Waals surface area contributed by atoms with Crippen LogP contribution in [0.3, 0.4) is 0 Å². The van der Waals surface area contributed by atoms with Gasteiger partial charge in [-0.1, -0.05) is 0 Å². The van der Waals surface area contributed by atoms with Gasteiger partial charge in [-0.3, -0.25) is 4.79 Å². The van der Waals surface area contributed by atoms with Crippen LogP contribution in [0.2, 0.25) is 0 Å². The Bertz CT molecular complexity index is 356. The predicted molar refractivity (Wildman–Crippen MR) is 53.7 cm³/mol. The summed E-state index contributed by atoms with van der Waals surface area (Å²) in [5.41, 5.74) is 5.86. The van der Waals surface area contributed by atoms with E-state index in [1.165, 1.54) is 6.33 Å². The van der Waals surface area contributed by atoms with E-state index >= 15 is 0 Å². The fraction of sp³-hybridized carbons (Fsp3) is 0.375. The molecule has 0 bridgehead atoms. The Morgan fingerprint density at radius 2 is 2.40 bits per heavy atom. The second-order valence-corrected chi connectivity index (χ2v) is 2.62. The number of hydrogen-bond acceptors (Lipinski definition) is 6. The van der Waals surface area contributed by atoms with Crippen LogP contribution in [0, 0.1) is 0 Å². The Labute approximate surface area is 86.3 Å². The number of carbonyl (C=O) groups is 1. The van der Waals surface area contributed by atoms with Crippen molar-refractivity contribution in [1.82, 2.24) is 9.97 Å². The third-order valence-electron chi connectivity index (χ3n) is 1.54. The van der Waals surface area contributed by atoms with Gasteiger partial charge in [0, 0.05) is 0 Å². The molecule has 0 amide bonds. The second-order valence-electron chi connectivity index (χ2n) is 2.62. The molecule has 7 heteroatoms. The molecule has 0 saturated heterocycles. The lowest BCUT2D eigenvalue weighted by Gasteiger charge is -2.09. The maximum absolute atomic E-state index is 10.3. The van der Waals surface area contributed by atoms with E-state index in [0.29, 0.717) is 6.61 Å². The number of carboxylic acid groups (broad SMARTS) is 1. The molecule has 0 radical (unpaired) electrons. The molecule has 0 aliphatic rings. The zero-order chi connectivity index (χ0) is 11.3. The van der Waals surface area contributed by atoms with E-state index in [-0.39, 0.29) is 23.9 Å². The minimum atomic E-state index is -0.994. The van der Waals surface area contributed by atoms with Crippen LogP contribution in [-0.4, -0.2) is 34.2 Å². The molecule has 15 heavy (non-hydrogen) atoms. The first-order chi connectivity index (χ1) is 7.15. The van der Waals surface area contributed by atoms with Crippen LogP contribution in [0.4, 0.5) is 11.5 Å². The van der Waals surface area contributed by atoms with Crippen LogP contribution in [0.5, 0.6) is 5.88 Å². The minimum absolute atomic E-state index is 0.209. The van der Waals surface area contributed by atoms with Crippen LogP contribution in [-0.2, 0) is 4.79 Å². The molecule has 0 atom stereocenters. The second kappa shape index (κ2) is 4.99. The Hall–Kier alpha value is -2.05. The fourth-order valence-electron chi connectivity index (χ4n) is 0.931. The smallest absolute Gasteiger partial charge is 0.322 e. The summed E-state index contributed by atoms with van der Waals surface area (Å²) in [6.45, 7) is 1.97. The topological polar surface area (TPSA) is 110 Å². The van der Waals surface area contributed by atoms with Crippen LogP contribution in [0.25, 0.3) is 0 Å². The van der Waals surface area contributed by atoms with Crippen LogP contribution in [0.15, 0.2) is 6.33 Å². The zero-order valence-electron chi connectivity index (χ0n) is 8.23. The molecule has 1 rings (SSSR count). The quantitative estimate of drug-likeness (QED) is 0.627. The van der Waals surface area contributed by atoms with Crippen molar-refractivity contribution in [3.63, 3.8) is 0 Å². The lowest BCUT2D eigenvalue weighted by molar-refractivity contribution is -0.134. The fourth-order valence-corrected chi connectivity index (χ4v) is 0.931. The van der Waals surface area contributed by atoms with Gasteiger partial charge in [0.2, 0.25) is 5.88 Å². The molecule has 0 fully saturated rings. The highest BCUT2D eigenvalue weighted by Crippen LogP contribution is 2.23. The summed E-state index contributed by atoms with van der Waals surface area (Å²) in [6, 6.07) is 0. The van der Waals surface area contributed by atoms with Crippen molar-refractivity contribution in [2.24, 2.45) is 0 Å². The Kier molecular flexibility index (Phi) is 3.67. The highest BCUT2D eigenvalue weighted by Gasteiger charge is 2.09. The van der Waals surface area contributed by atoms with Crippen molar-refractivity contribution in [1.29, 1.82) is 0 Å². The van der Waals surface area contributed by atoms with Gasteiger partial charge in [0.1, 0.15) is 18.6 Å². The summed E-state index contributed by atoms with van der Waals surface area (Å²) < 4.78 is 5.12. The molecule has 0 aliphatic heterocycles. The first-order valence-electron chi connectivity index (χ1n) is 4.34. The van der Waals surface area contributed by atoms with Gasteiger partial charge >= 0.3 is 5.97 Å². The number of aromatic nitrogens is 2. The van der Waals surface area contributed by atoms with Crippen molar-refractivity contribution in [3.05, 3.63) is 6.33 Å². The van der Waals surface area contributed by atoms with Crippen LogP contribution < -0.4 is 15.8 Å². The Morgan fingerprint density at radius 1 is 1.67 bits per heavy atom. The lowest BCUT2D eigenvalue weighted by atomic mass is 10.4. The SMILES string of the molecule is CCOc1ncnc(NCC(=O)O)c1N. The van der Waals surface area contributed by atoms with Gasteiger partial charge in [0.15, 0.2) is 5.82 Å². The summed E-state index contributed by atoms with van der Waals surface area (Å²) in [5.74, 6) is -0.484. The number of rotatable bonds is 5. The van der Waals surface area contributed by atoms with E-state index in [0.717, 1.165) is 0 Å².